The van der Waals surface area contributed by atoms with Gasteiger partial charge in [-0.15, -0.1) is 11.3 Å². The summed E-state index contributed by atoms with van der Waals surface area (Å²) in [7, 11) is -3.11. The first-order valence-electron chi connectivity index (χ1n) is 6.36. The molecule has 1 aliphatic rings. The molecular weight excluding hydrogens is 268 g/mol. The Labute approximate surface area is 113 Å². The summed E-state index contributed by atoms with van der Waals surface area (Å²) in [5.41, 5.74) is 0. The van der Waals surface area contributed by atoms with Crippen molar-refractivity contribution in [3.63, 3.8) is 0 Å². The predicted molar refractivity (Wildman–Crippen MR) is 75.3 cm³/mol. The number of nitrogens with one attached hydrogen (secondary N) is 2. The minimum Gasteiger partial charge on any atom is -0.308 e. The molecule has 18 heavy (non-hydrogen) atoms. The SMILES string of the molecule is CCNS(=O)(=O)CCNC(c1cccs1)C1CC1. The lowest BCUT2D eigenvalue weighted by Gasteiger charge is -2.16. The van der Waals surface area contributed by atoms with Gasteiger partial charge in [-0.3, -0.25) is 0 Å². The average Bonchev–Trinajstić information content (AvgIpc) is 2.99. The number of rotatable bonds is 8. The van der Waals surface area contributed by atoms with E-state index in [4.69, 9.17) is 0 Å². The molecule has 6 heteroatoms. The Balaban J connectivity index is 1.84. The molecular formula is C12H20N2O2S2. The first-order valence-corrected chi connectivity index (χ1v) is 8.89. The van der Waals surface area contributed by atoms with Crippen molar-refractivity contribution in [1.82, 2.24) is 10.0 Å². The van der Waals surface area contributed by atoms with E-state index < -0.39 is 10.0 Å². The Morgan fingerprint density at radius 2 is 2.28 bits per heavy atom. The Bertz CT molecular complexity index is 452. The van der Waals surface area contributed by atoms with Gasteiger partial charge in [-0.25, -0.2) is 13.1 Å². The van der Waals surface area contributed by atoms with E-state index in [1.807, 2.05) is 6.07 Å². The van der Waals surface area contributed by atoms with Crippen molar-refractivity contribution in [3.8, 4) is 0 Å². The standard InChI is InChI=1S/C12H20N2O2S2/c1-2-14-18(15,16)9-7-13-12(10-5-6-10)11-4-3-8-17-11/h3-4,8,10,12-14H,2,5-7,9H2,1H3. The van der Waals surface area contributed by atoms with E-state index in [0.29, 0.717) is 25.0 Å². The molecule has 4 nitrogen and oxygen atoms in total. The summed E-state index contributed by atoms with van der Waals surface area (Å²) in [6.07, 6.45) is 2.49. The van der Waals surface area contributed by atoms with Crippen LogP contribution in [0.25, 0.3) is 0 Å². The van der Waals surface area contributed by atoms with Gasteiger partial charge >= 0.3 is 0 Å². The highest BCUT2D eigenvalue weighted by Gasteiger charge is 2.32. The van der Waals surface area contributed by atoms with Crippen LogP contribution >= 0.6 is 11.3 Å². The smallest absolute Gasteiger partial charge is 0.212 e. The number of sulfonamides is 1. The molecule has 0 bridgehead atoms. The van der Waals surface area contributed by atoms with E-state index in [2.05, 4.69) is 21.5 Å². The topological polar surface area (TPSA) is 58.2 Å². The second kappa shape index (κ2) is 6.14. The Morgan fingerprint density at radius 1 is 1.50 bits per heavy atom. The Kier molecular flexibility index (Phi) is 4.77. The van der Waals surface area contributed by atoms with Crippen molar-refractivity contribution in [2.45, 2.75) is 25.8 Å². The van der Waals surface area contributed by atoms with Gasteiger partial charge in [0, 0.05) is 24.0 Å². The molecule has 0 spiro atoms. The van der Waals surface area contributed by atoms with Crippen LogP contribution in [-0.2, 0) is 10.0 Å². The van der Waals surface area contributed by atoms with Crippen molar-refractivity contribution in [2.24, 2.45) is 5.92 Å². The molecule has 2 N–H and O–H groups in total. The van der Waals surface area contributed by atoms with Crippen molar-refractivity contribution in [1.29, 1.82) is 0 Å². The van der Waals surface area contributed by atoms with Crippen molar-refractivity contribution in [3.05, 3.63) is 22.4 Å². The van der Waals surface area contributed by atoms with Crippen LogP contribution < -0.4 is 10.0 Å². The van der Waals surface area contributed by atoms with Crippen LogP contribution in [-0.4, -0.2) is 27.3 Å². The lowest BCUT2D eigenvalue weighted by Crippen LogP contribution is -2.33. The lowest BCUT2D eigenvalue weighted by molar-refractivity contribution is 0.500. The summed E-state index contributed by atoms with van der Waals surface area (Å²) >= 11 is 1.74. The molecule has 1 heterocycles. The monoisotopic (exact) mass is 288 g/mol. The second-order valence-electron chi connectivity index (χ2n) is 4.60. The molecule has 0 amide bonds. The van der Waals surface area contributed by atoms with Crippen molar-refractivity contribution >= 4 is 21.4 Å². The fraction of sp³-hybridized carbons (Fsp3) is 0.667. The quantitative estimate of drug-likeness (QED) is 0.766. The summed E-state index contributed by atoms with van der Waals surface area (Å²) < 4.78 is 25.6. The molecule has 1 fully saturated rings. The van der Waals surface area contributed by atoms with E-state index in [1.54, 1.807) is 18.3 Å². The van der Waals surface area contributed by atoms with Crippen LogP contribution in [0.1, 0.15) is 30.7 Å². The van der Waals surface area contributed by atoms with Gasteiger partial charge in [-0.2, -0.15) is 0 Å². The first kappa shape index (κ1) is 14.0. The van der Waals surface area contributed by atoms with Crippen molar-refractivity contribution in [2.75, 3.05) is 18.8 Å². The highest BCUT2D eigenvalue weighted by molar-refractivity contribution is 7.89. The zero-order valence-electron chi connectivity index (χ0n) is 10.6. The van der Waals surface area contributed by atoms with E-state index in [-0.39, 0.29) is 5.75 Å². The van der Waals surface area contributed by atoms with Crippen molar-refractivity contribution < 1.29 is 8.42 Å². The highest BCUT2D eigenvalue weighted by atomic mass is 32.2. The molecule has 2 rings (SSSR count). The van der Waals surface area contributed by atoms with Crippen LogP contribution in [0.3, 0.4) is 0 Å². The number of thiophene rings is 1. The number of hydrogen-bond acceptors (Lipinski definition) is 4. The zero-order chi connectivity index (χ0) is 13.0. The Morgan fingerprint density at radius 3 is 2.83 bits per heavy atom. The third-order valence-corrected chi connectivity index (χ3v) is 5.47. The third kappa shape index (κ3) is 4.05. The lowest BCUT2D eigenvalue weighted by atomic mass is 10.1. The van der Waals surface area contributed by atoms with Crippen LogP contribution in [0.15, 0.2) is 17.5 Å². The molecule has 1 aromatic heterocycles. The van der Waals surface area contributed by atoms with Gasteiger partial charge in [0.05, 0.1) is 5.75 Å². The van der Waals surface area contributed by atoms with Crippen LogP contribution in [0, 0.1) is 5.92 Å². The van der Waals surface area contributed by atoms with Gasteiger partial charge in [0.1, 0.15) is 0 Å². The highest BCUT2D eigenvalue weighted by Crippen LogP contribution is 2.42. The van der Waals surface area contributed by atoms with Gasteiger partial charge in [-0.1, -0.05) is 13.0 Å². The van der Waals surface area contributed by atoms with Crippen LogP contribution in [0.5, 0.6) is 0 Å². The molecule has 1 aliphatic carbocycles. The van der Waals surface area contributed by atoms with Gasteiger partial charge in [-0.05, 0) is 30.2 Å². The zero-order valence-corrected chi connectivity index (χ0v) is 12.2. The second-order valence-corrected chi connectivity index (χ2v) is 7.51. The first-order chi connectivity index (χ1) is 8.62. The van der Waals surface area contributed by atoms with Gasteiger partial charge in [0.2, 0.25) is 10.0 Å². The number of hydrogen-bond donors (Lipinski definition) is 2. The summed E-state index contributed by atoms with van der Waals surface area (Å²) in [5.74, 6) is 0.834. The maximum absolute atomic E-state index is 11.5. The van der Waals surface area contributed by atoms with E-state index >= 15 is 0 Å². The fourth-order valence-electron chi connectivity index (χ4n) is 2.04. The predicted octanol–water partition coefficient (Wildman–Crippen LogP) is 1.73. The molecule has 0 aliphatic heterocycles. The Hall–Kier alpha value is -0.430. The summed E-state index contributed by atoms with van der Waals surface area (Å²) in [5, 5.41) is 5.46. The maximum atomic E-state index is 11.5. The minimum absolute atomic E-state index is 0.148. The summed E-state index contributed by atoms with van der Waals surface area (Å²) in [6, 6.07) is 4.51. The largest absolute Gasteiger partial charge is 0.308 e. The molecule has 1 aromatic rings. The normalized spacial score (nSPS) is 17.8. The molecule has 102 valence electrons. The molecule has 0 radical (unpaired) electrons. The minimum atomic E-state index is -3.11. The van der Waals surface area contributed by atoms with E-state index in [0.717, 1.165) is 0 Å². The van der Waals surface area contributed by atoms with E-state index in [9.17, 15) is 8.42 Å². The van der Waals surface area contributed by atoms with Crippen LogP contribution in [0.4, 0.5) is 0 Å². The molecule has 1 atom stereocenters. The molecule has 1 saturated carbocycles. The molecule has 0 aromatic carbocycles. The molecule has 1 unspecified atom stereocenters. The van der Waals surface area contributed by atoms with Gasteiger partial charge in [0.15, 0.2) is 0 Å². The molecule has 0 saturated heterocycles. The fourth-order valence-corrected chi connectivity index (χ4v) is 3.90. The summed E-state index contributed by atoms with van der Waals surface area (Å²) in [4.78, 5) is 1.32. The van der Waals surface area contributed by atoms with Gasteiger partial charge < -0.3 is 5.32 Å². The third-order valence-electron chi connectivity index (χ3n) is 3.04. The average molecular weight is 288 g/mol. The van der Waals surface area contributed by atoms with E-state index in [1.165, 1.54) is 17.7 Å². The maximum Gasteiger partial charge on any atom is 0.212 e. The summed E-state index contributed by atoms with van der Waals surface area (Å²) in [6.45, 7) is 2.76. The van der Waals surface area contributed by atoms with Gasteiger partial charge in [0.25, 0.3) is 0 Å². The van der Waals surface area contributed by atoms with Crippen LogP contribution in [0.2, 0.25) is 0 Å².